The van der Waals surface area contributed by atoms with Crippen molar-refractivity contribution in [3.8, 4) is 11.5 Å². The van der Waals surface area contributed by atoms with E-state index in [1.165, 1.54) is 0 Å². The molecule has 0 aliphatic rings. The number of carbonyl (C=O) groups excluding carboxylic acids is 1. The number of ether oxygens (including phenoxy) is 2. The van der Waals surface area contributed by atoms with Gasteiger partial charge in [-0.2, -0.15) is 0 Å². The summed E-state index contributed by atoms with van der Waals surface area (Å²) in [6.45, 7) is 6.06. The van der Waals surface area contributed by atoms with Crippen molar-refractivity contribution >= 4 is 5.91 Å². The van der Waals surface area contributed by atoms with Gasteiger partial charge in [0.2, 0.25) is 0 Å². The Labute approximate surface area is 150 Å². The smallest absolute Gasteiger partial charge is 0.261 e. The second-order valence-electron chi connectivity index (χ2n) is 6.54. The average molecular weight is 341 g/mol. The Morgan fingerprint density at radius 3 is 2.32 bits per heavy atom. The molecule has 0 bridgehead atoms. The second-order valence-corrected chi connectivity index (χ2v) is 6.54. The predicted molar refractivity (Wildman–Crippen MR) is 99.9 cm³/mol. The van der Waals surface area contributed by atoms with Crippen molar-refractivity contribution in [3.63, 3.8) is 0 Å². The molecule has 2 atom stereocenters. The average Bonchev–Trinajstić information content (AvgIpc) is 2.61. The maximum atomic E-state index is 12.6. The Balaban J connectivity index is 2.03. The molecule has 0 aliphatic carbocycles. The molecular weight excluding hydrogens is 314 g/mol. The SMILES string of the molecule is COc1cccc(OC(C)C(=O)NC(CC(C)C)c2ccccc2)c1. The van der Waals surface area contributed by atoms with Gasteiger partial charge in [-0.25, -0.2) is 0 Å². The summed E-state index contributed by atoms with van der Waals surface area (Å²) in [7, 11) is 1.60. The van der Waals surface area contributed by atoms with Crippen molar-refractivity contribution in [2.24, 2.45) is 5.92 Å². The van der Waals surface area contributed by atoms with Crippen LogP contribution in [0.25, 0.3) is 0 Å². The molecule has 0 heterocycles. The zero-order valence-electron chi connectivity index (χ0n) is 15.4. The third kappa shape index (κ3) is 5.82. The molecule has 0 aliphatic heterocycles. The van der Waals surface area contributed by atoms with Crippen LogP contribution in [0, 0.1) is 5.92 Å². The van der Waals surface area contributed by atoms with Crippen LogP contribution in [-0.4, -0.2) is 19.1 Å². The quantitative estimate of drug-likeness (QED) is 0.776. The minimum Gasteiger partial charge on any atom is -0.497 e. The lowest BCUT2D eigenvalue weighted by molar-refractivity contribution is -0.128. The molecule has 0 saturated heterocycles. The van der Waals surface area contributed by atoms with E-state index in [0.717, 1.165) is 12.0 Å². The van der Waals surface area contributed by atoms with E-state index in [1.807, 2.05) is 48.5 Å². The lowest BCUT2D eigenvalue weighted by Gasteiger charge is -2.23. The Hall–Kier alpha value is -2.49. The first-order valence-corrected chi connectivity index (χ1v) is 8.65. The number of methoxy groups -OCH3 is 1. The van der Waals surface area contributed by atoms with Crippen LogP contribution < -0.4 is 14.8 Å². The molecule has 2 unspecified atom stereocenters. The van der Waals surface area contributed by atoms with Gasteiger partial charge in [0.15, 0.2) is 6.10 Å². The highest BCUT2D eigenvalue weighted by molar-refractivity contribution is 5.81. The van der Waals surface area contributed by atoms with Crippen LogP contribution in [0.5, 0.6) is 11.5 Å². The summed E-state index contributed by atoms with van der Waals surface area (Å²) in [5.41, 5.74) is 1.11. The summed E-state index contributed by atoms with van der Waals surface area (Å²) in [4.78, 5) is 12.6. The number of hydrogen-bond donors (Lipinski definition) is 1. The molecule has 0 spiro atoms. The second kappa shape index (κ2) is 9.11. The highest BCUT2D eigenvalue weighted by Gasteiger charge is 2.21. The number of hydrogen-bond acceptors (Lipinski definition) is 3. The van der Waals surface area contributed by atoms with Gasteiger partial charge in [-0.1, -0.05) is 50.2 Å². The van der Waals surface area contributed by atoms with Crippen molar-refractivity contribution in [1.82, 2.24) is 5.32 Å². The summed E-state index contributed by atoms with van der Waals surface area (Å²) in [6, 6.07) is 17.3. The van der Waals surface area contributed by atoms with Crippen LogP contribution in [-0.2, 0) is 4.79 Å². The van der Waals surface area contributed by atoms with E-state index in [1.54, 1.807) is 20.1 Å². The van der Waals surface area contributed by atoms with Gasteiger partial charge in [0.25, 0.3) is 5.91 Å². The van der Waals surface area contributed by atoms with Crippen molar-refractivity contribution < 1.29 is 14.3 Å². The lowest BCUT2D eigenvalue weighted by atomic mass is 9.97. The number of carbonyl (C=O) groups is 1. The molecule has 0 radical (unpaired) electrons. The molecule has 0 aromatic heterocycles. The van der Waals surface area contributed by atoms with Crippen LogP contribution in [0.1, 0.15) is 38.8 Å². The van der Waals surface area contributed by atoms with Crippen LogP contribution in [0.4, 0.5) is 0 Å². The van der Waals surface area contributed by atoms with E-state index < -0.39 is 6.10 Å². The van der Waals surface area contributed by atoms with Crippen LogP contribution in [0.2, 0.25) is 0 Å². The molecule has 134 valence electrons. The molecule has 1 N–H and O–H groups in total. The topological polar surface area (TPSA) is 47.6 Å². The Morgan fingerprint density at radius 1 is 1.00 bits per heavy atom. The molecular formula is C21H27NO3. The lowest BCUT2D eigenvalue weighted by Crippen LogP contribution is -2.39. The third-order valence-corrected chi connectivity index (χ3v) is 3.95. The molecule has 4 nitrogen and oxygen atoms in total. The zero-order valence-corrected chi connectivity index (χ0v) is 15.4. The first-order valence-electron chi connectivity index (χ1n) is 8.65. The first-order chi connectivity index (χ1) is 12.0. The van der Waals surface area contributed by atoms with E-state index in [2.05, 4.69) is 19.2 Å². The standard InChI is InChI=1S/C21H27NO3/c1-15(2)13-20(17-9-6-5-7-10-17)22-21(23)16(3)25-19-12-8-11-18(14-19)24-4/h5-12,14-16,20H,13H2,1-4H3,(H,22,23). The van der Waals surface area contributed by atoms with E-state index >= 15 is 0 Å². The molecule has 2 aromatic carbocycles. The minimum absolute atomic E-state index is 0.0231. The number of nitrogens with one attached hydrogen (secondary N) is 1. The van der Waals surface area contributed by atoms with Gasteiger partial charge in [-0.3, -0.25) is 4.79 Å². The fourth-order valence-electron chi connectivity index (χ4n) is 2.66. The van der Waals surface area contributed by atoms with Gasteiger partial charge in [0.05, 0.1) is 13.2 Å². The van der Waals surface area contributed by atoms with E-state index in [4.69, 9.17) is 9.47 Å². The Kier molecular flexibility index (Phi) is 6.87. The van der Waals surface area contributed by atoms with E-state index in [0.29, 0.717) is 17.4 Å². The summed E-state index contributed by atoms with van der Waals surface area (Å²) in [5.74, 6) is 1.66. The van der Waals surface area contributed by atoms with E-state index in [-0.39, 0.29) is 11.9 Å². The number of amides is 1. The van der Waals surface area contributed by atoms with Gasteiger partial charge in [0, 0.05) is 6.07 Å². The van der Waals surface area contributed by atoms with Crippen LogP contribution in [0.3, 0.4) is 0 Å². The fraction of sp³-hybridized carbons (Fsp3) is 0.381. The van der Waals surface area contributed by atoms with Crippen molar-refractivity contribution in [3.05, 3.63) is 60.2 Å². The van der Waals surface area contributed by atoms with Gasteiger partial charge in [-0.05, 0) is 37.0 Å². The maximum absolute atomic E-state index is 12.6. The van der Waals surface area contributed by atoms with Crippen molar-refractivity contribution in [2.75, 3.05) is 7.11 Å². The molecule has 25 heavy (non-hydrogen) atoms. The molecule has 4 heteroatoms. The highest BCUT2D eigenvalue weighted by atomic mass is 16.5. The Bertz CT molecular complexity index is 670. The van der Waals surface area contributed by atoms with Gasteiger partial charge in [-0.15, -0.1) is 0 Å². The monoisotopic (exact) mass is 341 g/mol. The summed E-state index contributed by atoms with van der Waals surface area (Å²) in [6.07, 6.45) is 0.284. The van der Waals surface area contributed by atoms with Gasteiger partial charge >= 0.3 is 0 Å². The molecule has 0 saturated carbocycles. The van der Waals surface area contributed by atoms with Crippen molar-refractivity contribution in [2.45, 2.75) is 39.3 Å². The van der Waals surface area contributed by atoms with Gasteiger partial charge < -0.3 is 14.8 Å². The Morgan fingerprint density at radius 2 is 1.68 bits per heavy atom. The number of benzene rings is 2. The number of rotatable bonds is 8. The molecule has 2 aromatic rings. The van der Waals surface area contributed by atoms with Crippen LogP contribution >= 0.6 is 0 Å². The summed E-state index contributed by atoms with van der Waals surface area (Å²) < 4.78 is 11.0. The molecule has 0 fully saturated rings. The predicted octanol–water partition coefficient (Wildman–Crippen LogP) is 4.37. The van der Waals surface area contributed by atoms with Crippen LogP contribution in [0.15, 0.2) is 54.6 Å². The van der Waals surface area contributed by atoms with Crippen molar-refractivity contribution in [1.29, 1.82) is 0 Å². The fourth-order valence-corrected chi connectivity index (χ4v) is 2.66. The summed E-state index contributed by atoms with van der Waals surface area (Å²) >= 11 is 0. The highest BCUT2D eigenvalue weighted by Crippen LogP contribution is 2.23. The normalized spacial score (nSPS) is 13.2. The third-order valence-electron chi connectivity index (χ3n) is 3.95. The van der Waals surface area contributed by atoms with E-state index in [9.17, 15) is 4.79 Å². The van der Waals surface area contributed by atoms with Gasteiger partial charge in [0.1, 0.15) is 11.5 Å². The zero-order chi connectivity index (χ0) is 18.2. The first kappa shape index (κ1) is 18.8. The summed E-state index contributed by atoms with van der Waals surface area (Å²) in [5, 5.41) is 3.12. The molecule has 2 rings (SSSR count). The minimum atomic E-state index is -0.592. The largest absolute Gasteiger partial charge is 0.497 e. The maximum Gasteiger partial charge on any atom is 0.261 e. The molecule has 1 amide bonds.